The minimum atomic E-state index is -1.01. The average molecular weight is 530 g/mol. The highest BCUT2D eigenvalue weighted by Crippen LogP contribution is 2.39. The Bertz CT molecular complexity index is 1680. The summed E-state index contributed by atoms with van der Waals surface area (Å²) < 4.78 is 17.2. The van der Waals surface area contributed by atoms with E-state index in [-0.39, 0.29) is 0 Å². The summed E-state index contributed by atoms with van der Waals surface area (Å²) in [6.07, 6.45) is 5.72. The number of hydrogen-bond acceptors (Lipinski definition) is 2. The maximum Gasteiger partial charge on any atom is 0.145 e. The quantitative estimate of drug-likeness (QED) is 0.220. The van der Waals surface area contributed by atoms with Crippen LogP contribution in [0.4, 0.5) is 4.39 Å². The van der Waals surface area contributed by atoms with Crippen LogP contribution in [0.5, 0.6) is 0 Å². The molecule has 0 unspecified atom stereocenters. The second-order valence-corrected chi connectivity index (χ2v) is 11.6. The summed E-state index contributed by atoms with van der Waals surface area (Å²) in [5.41, 5.74) is 10.2. The standard InChI is InChI=1S/C36H36FN3/c1-24-12-9-20-32(38-24)27-15-10-16-28(22-27)33-23-40(34-21-11-14-26-13-5-6-17-29(26)34)35(39-33)30-18-7-8-19-31(30)36(3,4)25(2)37/h7-12,14-16,18-23,25H,5-6,13,17H2,1-4H3/t25-/m1/s1. The van der Waals surface area contributed by atoms with E-state index in [1.54, 1.807) is 6.92 Å². The number of fused-ring (bicyclic) bond motifs is 1. The van der Waals surface area contributed by atoms with Crippen LogP contribution in [0, 0.1) is 6.92 Å². The molecule has 0 amide bonds. The molecule has 1 aliphatic rings. The van der Waals surface area contributed by atoms with Gasteiger partial charge in [-0.25, -0.2) is 9.37 Å². The Morgan fingerprint density at radius 2 is 1.52 bits per heavy atom. The first-order valence-corrected chi connectivity index (χ1v) is 14.3. The molecule has 0 N–H and O–H groups in total. The lowest BCUT2D eigenvalue weighted by molar-refractivity contribution is 0.237. The predicted molar refractivity (Wildman–Crippen MR) is 163 cm³/mol. The van der Waals surface area contributed by atoms with Crippen LogP contribution in [-0.4, -0.2) is 20.7 Å². The van der Waals surface area contributed by atoms with Crippen LogP contribution in [-0.2, 0) is 18.3 Å². The minimum Gasteiger partial charge on any atom is -0.299 e. The van der Waals surface area contributed by atoms with E-state index in [2.05, 4.69) is 65.4 Å². The van der Waals surface area contributed by atoms with Gasteiger partial charge in [0.2, 0.25) is 0 Å². The zero-order valence-electron chi connectivity index (χ0n) is 23.8. The highest BCUT2D eigenvalue weighted by atomic mass is 19.1. The third kappa shape index (κ3) is 4.77. The first-order valence-electron chi connectivity index (χ1n) is 14.3. The highest BCUT2D eigenvalue weighted by molar-refractivity contribution is 5.74. The lowest BCUT2D eigenvalue weighted by atomic mass is 9.78. The van der Waals surface area contributed by atoms with Gasteiger partial charge in [-0.1, -0.05) is 74.5 Å². The first kappa shape index (κ1) is 26.2. The smallest absolute Gasteiger partial charge is 0.145 e. The molecule has 202 valence electrons. The number of rotatable bonds is 6. The number of benzene rings is 3. The Balaban J connectivity index is 1.57. The molecule has 1 aliphatic carbocycles. The summed E-state index contributed by atoms with van der Waals surface area (Å²) >= 11 is 0. The van der Waals surface area contributed by atoms with Crippen LogP contribution < -0.4 is 0 Å². The fourth-order valence-corrected chi connectivity index (χ4v) is 5.88. The molecule has 1 atom stereocenters. The maximum atomic E-state index is 15.0. The van der Waals surface area contributed by atoms with Crippen molar-refractivity contribution in [1.82, 2.24) is 14.5 Å². The molecule has 0 bridgehead atoms. The monoisotopic (exact) mass is 529 g/mol. The van der Waals surface area contributed by atoms with Gasteiger partial charge in [0, 0.05) is 34.0 Å². The Kier molecular flexibility index (Phi) is 6.87. The van der Waals surface area contributed by atoms with Crippen molar-refractivity contribution in [2.45, 2.75) is 65.0 Å². The molecule has 0 spiro atoms. The molecule has 2 heterocycles. The SMILES string of the molecule is Cc1cccc(-c2cccc(-c3cn(-c4cccc5c4CCCC5)c(-c4ccccc4C(C)(C)[C@@H](C)F)n3)c2)n1. The van der Waals surface area contributed by atoms with Gasteiger partial charge in [0.15, 0.2) is 0 Å². The molecule has 0 saturated carbocycles. The predicted octanol–water partition coefficient (Wildman–Crippen LogP) is 9.09. The molecular formula is C36H36FN3. The Morgan fingerprint density at radius 1 is 0.800 bits per heavy atom. The average Bonchev–Trinajstić information content (AvgIpc) is 3.42. The van der Waals surface area contributed by atoms with Gasteiger partial charge in [-0.15, -0.1) is 0 Å². The lowest BCUT2D eigenvalue weighted by Crippen LogP contribution is -2.28. The van der Waals surface area contributed by atoms with Crippen LogP contribution in [0.1, 0.15) is 56.0 Å². The number of alkyl halides is 1. The van der Waals surface area contributed by atoms with E-state index >= 15 is 0 Å². The van der Waals surface area contributed by atoms with E-state index in [0.717, 1.165) is 58.0 Å². The van der Waals surface area contributed by atoms with E-state index in [1.165, 1.54) is 29.7 Å². The fourth-order valence-electron chi connectivity index (χ4n) is 5.88. The molecule has 0 radical (unpaired) electrons. The van der Waals surface area contributed by atoms with Crippen molar-refractivity contribution in [2.24, 2.45) is 0 Å². The molecule has 0 fully saturated rings. The van der Waals surface area contributed by atoms with Crippen molar-refractivity contribution in [3.8, 4) is 39.6 Å². The van der Waals surface area contributed by atoms with Gasteiger partial charge in [-0.05, 0) is 80.5 Å². The van der Waals surface area contributed by atoms with E-state index < -0.39 is 11.6 Å². The summed E-state index contributed by atoms with van der Waals surface area (Å²) in [5, 5.41) is 0. The van der Waals surface area contributed by atoms with Crippen LogP contribution >= 0.6 is 0 Å². The Hall–Kier alpha value is -4.05. The summed E-state index contributed by atoms with van der Waals surface area (Å²) in [7, 11) is 0. The third-order valence-electron chi connectivity index (χ3n) is 8.54. The zero-order chi connectivity index (χ0) is 27.9. The van der Waals surface area contributed by atoms with Gasteiger partial charge in [0.25, 0.3) is 0 Å². The van der Waals surface area contributed by atoms with Crippen LogP contribution in [0.15, 0.2) is 91.1 Å². The van der Waals surface area contributed by atoms with Gasteiger partial charge in [0.1, 0.15) is 12.0 Å². The third-order valence-corrected chi connectivity index (χ3v) is 8.54. The second kappa shape index (κ2) is 10.5. The molecule has 5 aromatic rings. The van der Waals surface area contributed by atoms with Gasteiger partial charge >= 0.3 is 0 Å². The van der Waals surface area contributed by atoms with Crippen molar-refractivity contribution in [1.29, 1.82) is 0 Å². The summed E-state index contributed by atoms with van der Waals surface area (Å²) in [5.74, 6) is 0.845. The van der Waals surface area contributed by atoms with E-state index in [9.17, 15) is 4.39 Å². The van der Waals surface area contributed by atoms with E-state index in [1.807, 2.05) is 51.1 Å². The number of pyridine rings is 1. The van der Waals surface area contributed by atoms with Crippen LogP contribution in [0.2, 0.25) is 0 Å². The first-order chi connectivity index (χ1) is 19.3. The lowest BCUT2D eigenvalue weighted by Gasteiger charge is -2.29. The zero-order valence-corrected chi connectivity index (χ0v) is 23.8. The number of halogens is 1. The van der Waals surface area contributed by atoms with Crippen molar-refractivity contribution in [2.75, 3.05) is 0 Å². The second-order valence-electron chi connectivity index (χ2n) is 11.6. The van der Waals surface area contributed by atoms with Crippen molar-refractivity contribution in [3.05, 3.63) is 114 Å². The summed E-state index contributed by atoms with van der Waals surface area (Å²) in [6.45, 7) is 7.62. The van der Waals surface area contributed by atoms with Gasteiger partial charge in [-0.2, -0.15) is 0 Å². The normalized spacial score (nSPS) is 14.1. The number of imidazole rings is 1. The van der Waals surface area contributed by atoms with E-state index in [4.69, 9.17) is 9.97 Å². The molecule has 40 heavy (non-hydrogen) atoms. The maximum absolute atomic E-state index is 15.0. The minimum absolute atomic E-state index is 0.666. The fraction of sp³-hybridized carbons (Fsp3) is 0.278. The largest absolute Gasteiger partial charge is 0.299 e. The molecule has 6 rings (SSSR count). The van der Waals surface area contributed by atoms with Crippen molar-refractivity contribution in [3.63, 3.8) is 0 Å². The van der Waals surface area contributed by atoms with Crippen LogP contribution in [0.25, 0.3) is 39.6 Å². The number of aromatic nitrogens is 3. The molecule has 2 aromatic heterocycles. The molecule has 3 aromatic carbocycles. The Labute approximate surface area is 236 Å². The van der Waals surface area contributed by atoms with Gasteiger partial charge in [0.05, 0.1) is 17.1 Å². The molecule has 4 heteroatoms. The highest BCUT2D eigenvalue weighted by Gasteiger charge is 2.32. The number of hydrogen-bond donors (Lipinski definition) is 0. The number of aryl methyl sites for hydroxylation is 2. The van der Waals surface area contributed by atoms with Crippen LogP contribution in [0.3, 0.4) is 0 Å². The van der Waals surface area contributed by atoms with E-state index in [0.29, 0.717) is 0 Å². The van der Waals surface area contributed by atoms with Gasteiger partial charge in [-0.3, -0.25) is 9.55 Å². The van der Waals surface area contributed by atoms with Crippen molar-refractivity contribution < 1.29 is 4.39 Å². The summed E-state index contributed by atoms with van der Waals surface area (Å²) in [4.78, 5) is 10.0. The number of nitrogens with zero attached hydrogens (tertiary/aromatic N) is 3. The topological polar surface area (TPSA) is 30.7 Å². The van der Waals surface area contributed by atoms with Gasteiger partial charge < -0.3 is 0 Å². The summed E-state index contributed by atoms with van der Waals surface area (Å²) in [6, 6.07) is 29.3. The Morgan fingerprint density at radius 3 is 2.33 bits per heavy atom. The molecule has 3 nitrogen and oxygen atoms in total. The van der Waals surface area contributed by atoms with Crippen molar-refractivity contribution >= 4 is 0 Å². The molecular weight excluding hydrogens is 493 g/mol. The molecule has 0 aliphatic heterocycles. The molecule has 0 saturated heterocycles.